The Morgan fingerprint density at radius 1 is 0.423 bits per heavy atom. The zero-order valence-corrected chi connectivity index (χ0v) is 60.3. The molecular formula is C76H104N12O16. The Morgan fingerprint density at radius 2 is 0.837 bits per heavy atom. The average molecular weight is 1440 g/mol. The van der Waals surface area contributed by atoms with Crippen molar-refractivity contribution in [1.82, 2.24) is 50.8 Å². The number of nitrogens with zero attached hydrogens (tertiary/aromatic N) is 5. The predicted molar refractivity (Wildman–Crippen MR) is 389 cm³/mol. The fourth-order valence-electron chi connectivity index (χ4n) is 12.2. The summed E-state index contributed by atoms with van der Waals surface area (Å²) in [5.41, 5.74) is 15.8. The van der Waals surface area contributed by atoms with Gasteiger partial charge < -0.3 is 77.5 Å². The first kappa shape index (κ1) is 84.1. The van der Waals surface area contributed by atoms with Gasteiger partial charge in [0.05, 0.1) is 44.8 Å². The van der Waals surface area contributed by atoms with Gasteiger partial charge in [-0.05, 0) is 91.5 Å². The second kappa shape index (κ2) is 44.1. The van der Waals surface area contributed by atoms with Gasteiger partial charge in [-0.25, -0.2) is 0 Å². The second-order valence-corrected chi connectivity index (χ2v) is 27.2. The fraction of sp³-hybridized carbons (Fsp3) is 0.487. The molecule has 0 radical (unpaired) electrons. The van der Waals surface area contributed by atoms with E-state index in [2.05, 4.69) is 26.3 Å². The first-order valence-electron chi connectivity index (χ1n) is 35.4. The molecule has 5 atom stereocenters. The van der Waals surface area contributed by atoms with E-state index in [9.17, 15) is 77.6 Å². The largest absolute Gasteiger partial charge is 0.481 e. The molecule has 1 aromatic heterocycles. The molecule has 4 aromatic carbocycles. The molecule has 0 fully saturated rings. The van der Waals surface area contributed by atoms with Crippen LogP contribution in [0.2, 0.25) is 0 Å². The number of carboxylic acids is 3. The Bertz CT molecular complexity index is 3650. The third kappa shape index (κ3) is 32.2. The number of para-hydroxylation sites is 1. The highest BCUT2D eigenvalue weighted by Crippen LogP contribution is 2.21. The van der Waals surface area contributed by atoms with Crippen molar-refractivity contribution in [3.05, 3.63) is 144 Å². The maximum atomic E-state index is 14.8. The molecule has 5 aromatic rings. The summed E-state index contributed by atoms with van der Waals surface area (Å²) in [5, 5.41) is 41.5. The van der Waals surface area contributed by atoms with Crippen molar-refractivity contribution < 1.29 is 77.6 Å². The quantitative estimate of drug-likeness (QED) is 0.0244. The van der Waals surface area contributed by atoms with Crippen LogP contribution >= 0.6 is 0 Å². The summed E-state index contributed by atoms with van der Waals surface area (Å²) in [5.74, 6) is -10.4. The standard InChI is InChI=1S/C76H104N12O16/c1-6-69(94)86(44-60(37-55-22-14-9-15-23-55)82-66(91)47-84(41-57(77)29-34-74(99)100)71(96)32-27-53-18-10-7-11-19-53)48-67(92)83-61(38-56-40-79-63-25-17-16-24-62(56)63)45-88(73(98)39-76(103)104)50-68(93)81-59(36-52(4)5)43-87(70(95)31-26-51(2)3)49-65(90)80-58(30-35-75(101)102)42-85(46-64(78)89)72(97)33-28-54-20-12-8-13-21-54/h7-25,40,51-52,57-61,79H,6,26-39,41-50,77H2,1-5H3,(H2,78,89)(H,80,90)(H,81,93)(H,82,91)(H,83,92)(H,99,100)(H,101,102)(H,103,104)/t57-,58-,59-,60-,61-/m0/s1. The molecule has 28 heteroatoms. The van der Waals surface area contributed by atoms with Crippen LogP contribution in [0.25, 0.3) is 10.9 Å². The van der Waals surface area contributed by atoms with Gasteiger partial charge in [0, 0.05) is 106 Å². The van der Waals surface area contributed by atoms with Crippen LogP contribution in [0.5, 0.6) is 0 Å². The molecule has 0 bridgehead atoms. The number of benzene rings is 4. The maximum Gasteiger partial charge on any atom is 0.312 e. The summed E-state index contributed by atoms with van der Waals surface area (Å²) < 4.78 is 0. The van der Waals surface area contributed by atoms with Crippen molar-refractivity contribution in [2.24, 2.45) is 23.3 Å². The van der Waals surface area contributed by atoms with E-state index in [1.165, 1.54) is 14.7 Å². The Balaban J connectivity index is 1.41. The molecule has 28 nitrogen and oxygen atoms in total. The summed E-state index contributed by atoms with van der Waals surface area (Å²) in [6.45, 7) is 4.88. The zero-order valence-electron chi connectivity index (χ0n) is 60.3. The van der Waals surface area contributed by atoms with Crippen LogP contribution in [0.4, 0.5) is 0 Å². The van der Waals surface area contributed by atoms with Gasteiger partial charge >= 0.3 is 17.9 Å². The number of hydrogen-bond acceptors (Lipinski definition) is 14. The molecule has 0 aliphatic rings. The summed E-state index contributed by atoms with van der Waals surface area (Å²) in [6.07, 6.45) is 1.17. The molecule has 12 N–H and O–H groups in total. The SMILES string of the molecule is CCC(=O)N(CC(=O)N[C@@H](Cc1c[nH]c2ccccc12)CN(CC(=O)N[C@@H](CC(C)C)CN(CC(=O)N[C@@H](CCC(=O)O)CN(CC(N)=O)C(=O)CCc1ccccc1)C(=O)CCC(C)C)C(=O)CC(=O)O)C[C@H](Cc1ccccc1)NC(=O)CN(C[C@@H](N)CCC(=O)O)C(=O)CCc1ccccc1. The Hall–Kier alpha value is -10.5. The number of aromatic amines is 1. The van der Waals surface area contributed by atoms with E-state index < -0.39 is 159 Å². The van der Waals surface area contributed by atoms with Crippen molar-refractivity contribution in [3.63, 3.8) is 0 Å². The minimum Gasteiger partial charge on any atom is -0.481 e. The third-order valence-corrected chi connectivity index (χ3v) is 17.3. The molecule has 0 aliphatic heterocycles. The molecular weight excluding hydrogens is 1340 g/mol. The van der Waals surface area contributed by atoms with Crippen molar-refractivity contribution in [2.45, 2.75) is 161 Å². The van der Waals surface area contributed by atoms with Crippen molar-refractivity contribution in [3.8, 4) is 0 Å². The van der Waals surface area contributed by atoms with Gasteiger partial charge in [0.15, 0.2) is 0 Å². The van der Waals surface area contributed by atoms with Crippen LogP contribution < -0.4 is 32.7 Å². The average Bonchev–Trinajstić information content (AvgIpc) is 1.65. The van der Waals surface area contributed by atoms with E-state index in [0.717, 1.165) is 37.4 Å². The number of carbonyl (C=O) groups is 13. The number of aryl methyl sites for hydroxylation is 2. The zero-order chi connectivity index (χ0) is 76.3. The number of nitrogens with two attached hydrogens (primary N) is 2. The molecule has 104 heavy (non-hydrogen) atoms. The topological polar surface area (TPSA) is 415 Å². The highest BCUT2D eigenvalue weighted by Gasteiger charge is 2.32. The van der Waals surface area contributed by atoms with Crippen molar-refractivity contribution in [2.75, 3.05) is 65.4 Å². The lowest BCUT2D eigenvalue weighted by Gasteiger charge is -2.32. The van der Waals surface area contributed by atoms with Gasteiger partial charge in [-0.3, -0.25) is 62.3 Å². The number of aromatic nitrogens is 1. The molecule has 1 heterocycles. The lowest BCUT2D eigenvalue weighted by atomic mass is 10.0. The van der Waals surface area contributed by atoms with Crippen LogP contribution in [-0.2, 0) is 88.0 Å². The molecule has 0 spiro atoms. The molecule has 0 unspecified atom stereocenters. The first-order valence-corrected chi connectivity index (χ1v) is 35.4. The summed E-state index contributed by atoms with van der Waals surface area (Å²) in [7, 11) is 0. The van der Waals surface area contributed by atoms with Crippen molar-refractivity contribution in [1.29, 1.82) is 0 Å². The monoisotopic (exact) mass is 1440 g/mol. The molecule has 10 amide bonds. The van der Waals surface area contributed by atoms with E-state index in [1.807, 2.05) is 119 Å². The Labute approximate surface area is 607 Å². The summed E-state index contributed by atoms with van der Waals surface area (Å²) in [4.78, 5) is 185. The predicted octanol–water partition coefficient (Wildman–Crippen LogP) is 4.21. The summed E-state index contributed by atoms with van der Waals surface area (Å²) >= 11 is 0. The number of nitrogens with one attached hydrogen (secondary N) is 5. The number of carboxylic acid groups (broad SMARTS) is 3. The lowest BCUT2D eigenvalue weighted by molar-refractivity contribution is -0.146. The van der Waals surface area contributed by atoms with Crippen LogP contribution in [0.1, 0.15) is 128 Å². The number of hydrogen-bond donors (Lipinski definition) is 10. The van der Waals surface area contributed by atoms with Gasteiger partial charge in [0.2, 0.25) is 59.1 Å². The van der Waals surface area contributed by atoms with Gasteiger partial charge in [-0.2, -0.15) is 0 Å². The van der Waals surface area contributed by atoms with Crippen LogP contribution in [0.15, 0.2) is 121 Å². The Morgan fingerprint density at radius 3 is 1.33 bits per heavy atom. The minimum absolute atomic E-state index is 0.000432. The summed E-state index contributed by atoms with van der Waals surface area (Å²) in [6, 6.07) is 30.0. The van der Waals surface area contributed by atoms with Gasteiger partial charge in [-0.15, -0.1) is 0 Å². The second-order valence-electron chi connectivity index (χ2n) is 27.2. The van der Waals surface area contributed by atoms with Crippen LogP contribution in [-0.4, -0.2) is 217 Å². The van der Waals surface area contributed by atoms with Crippen LogP contribution in [0, 0.1) is 11.8 Å². The molecule has 0 saturated carbocycles. The molecule has 5 rings (SSSR count). The number of fused-ring (bicyclic) bond motifs is 1. The molecule has 0 saturated heterocycles. The van der Waals surface area contributed by atoms with E-state index in [4.69, 9.17) is 11.5 Å². The van der Waals surface area contributed by atoms with Gasteiger partial charge in [0.25, 0.3) is 0 Å². The molecule has 564 valence electrons. The molecule has 0 aliphatic carbocycles. The number of carbonyl (C=O) groups excluding carboxylic acids is 10. The number of aliphatic carboxylic acids is 3. The first-order chi connectivity index (χ1) is 49.5. The van der Waals surface area contributed by atoms with E-state index in [-0.39, 0.29) is 102 Å². The highest BCUT2D eigenvalue weighted by atomic mass is 16.4. The van der Waals surface area contributed by atoms with E-state index >= 15 is 0 Å². The fourth-order valence-corrected chi connectivity index (χ4v) is 12.2. The van der Waals surface area contributed by atoms with Crippen LogP contribution in [0.3, 0.4) is 0 Å². The van der Waals surface area contributed by atoms with Gasteiger partial charge in [-0.1, -0.05) is 144 Å². The number of amides is 10. The third-order valence-electron chi connectivity index (χ3n) is 17.3. The number of H-pyrrole nitrogens is 1. The van der Waals surface area contributed by atoms with E-state index in [0.29, 0.717) is 24.8 Å². The minimum atomic E-state index is -1.52. The van der Waals surface area contributed by atoms with Gasteiger partial charge in [0.1, 0.15) is 6.42 Å². The highest BCUT2D eigenvalue weighted by molar-refractivity contribution is 5.95. The number of rotatable bonds is 48. The van der Waals surface area contributed by atoms with E-state index in [1.54, 1.807) is 37.4 Å². The Kier molecular flexibility index (Phi) is 35.7. The lowest BCUT2D eigenvalue weighted by Crippen LogP contribution is -2.55. The van der Waals surface area contributed by atoms with Crippen molar-refractivity contribution >= 4 is 87.9 Å². The number of primary amides is 1. The normalized spacial score (nSPS) is 12.6. The smallest absolute Gasteiger partial charge is 0.312 e. The maximum absolute atomic E-state index is 14.8.